The van der Waals surface area contributed by atoms with Crippen molar-refractivity contribution in [3.8, 4) is 11.5 Å². The number of unbranched alkanes of at least 4 members (excludes halogenated alkanes) is 2. The molecule has 19 heavy (non-hydrogen) atoms. The van der Waals surface area contributed by atoms with Crippen LogP contribution in [0.15, 0.2) is 24.3 Å². The summed E-state index contributed by atoms with van der Waals surface area (Å²) in [5, 5.41) is 3.53. The molecule has 1 N–H and O–H groups in total. The zero-order chi connectivity index (χ0) is 13.3. The monoisotopic (exact) mass is 263 g/mol. The van der Waals surface area contributed by atoms with Gasteiger partial charge in [-0.25, -0.2) is 0 Å². The fourth-order valence-electron chi connectivity index (χ4n) is 1.99. The second kappa shape index (κ2) is 8.05. The topological polar surface area (TPSA) is 30.5 Å². The summed E-state index contributed by atoms with van der Waals surface area (Å²) in [6, 6.07) is 8.69. The predicted molar refractivity (Wildman–Crippen MR) is 78.0 cm³/mol. The van der Waals surface area contributed by atoms with Gasteiger partial charge in [0.2, 0.25) is 0 Å². The van der Waals surface area contributed by atoms with Crippen LogP contribution in [0.1, 0.15) is 39.0 Å². The molecule has 1 saturated carbocycles. The highest BCUT2D eigenvalue weighted by atomic mass is 16.5. The summed E-state index contributed by atoms with van der Waals surface area (Å²) in [5.74, 6) is 1.83. The molecule has 0 unspecified atom stereocenters. The second-order valence-electron chi connectivity index (χ2n) is 5.04. The number of benzene rings is 1. The van der Waals surface area contributed by atoms with Crippen LogP contribution in [0.2, 0.25) is 0 Å². The first-order chi connectivity index (χ1) is 9.38. The highest BCUT2D eigenvalue weighted by Gasteiger charge is 2.19. The maximum absolute atomic E-state index is 5.70. The molecular weight excluding hydrogens is 238 g/mol. The van der Waals surface area contributed by atoms with Gasteiger partial charge in [-0.2, -0.15) is 0 Å². The largest absolute Gasteiger partial charge is 0.494 e. The third-order valence-corrected chi connectivity index (χ3v) is 3.23. The molecule has 0 bridgehead atoms. The molecule has 0 atom stereocenters. The molecule has 0 radical (unpaired) electrons. The first-order valence-electron chi connectivity index (χ1n) is 7.47. The van der Waals surface area contributed by atoms with Crippen molar-refractivity contribution in [3.05, 3.63) is 24.3 Å². The lowest BCUT2D eigenvalue weighted by atomic mass is 10.2. The molecule has 0 heterocycles. The Morgan fingerprint density at radius 1 is 1.00 bits per heavy atom. The number of ether oxygens (including phenoxy) is 2. The number of nitrogens with one attached hydrogen (secondary N) is 1. The highest BCUT2D eigenvalue weighted by Crippen LogP contribution is 2.19. The predicted octanol–water partition coefficient (Wildman–Crippen LogP) is 3.39. The normalized spacial score (nSPS) is 14.4. The van der Waals surface area contributed by atoms with Gasteiger partial charge in [0.1, 0.15) is 11.5 Å². The SMILES string of the molecule is CCOc1ccc(OCCCCCNC2CC2)cc1. The van der Waals surface area contributed by atoms with Crippen molar-refractivity contribution in [1.82, 2.24) is 5.32 Å². The van der Waals surface area contributed by atoms with E-state index in [1.54, 1.807) is 0 Å². The fourth-order valence-corrected chi connectivity index (χ4v) is 1.99. The molecule has 0 saturated heterocycles. The van der Waals surface area contributed by atoms with Crippen LogP contribution in [-0.4, -0.2) is 25.8 Å². The van der Waals surface area contributed by atoms with Crippen molar-refractivity contribution in [1.29, 1.82) is 0 Å². The summed E-state index contributed by atoms with van der Waals surface area (Å²) in [5.41, 5.74) is 0. The molecule has 2 rings (SSSR count). The van der Waals surface area contributed by atoms with E-state index in [0.29, 0.717) is 6.61 Å². The van der Waals surface area contributed by atoms with Crippen LogP contribution in [0.5, 0.6) is 11.5 Å². The van der Waals surface area contributed by atoms with Crippen molar-refractivity contribution in [3.63, 3.8) is 0 Å². The van der Waals surface area contributed by atoms with Crippen LogP contribution in [0.25, 0.3) is 0 Å². The Hall–Kier alpha value is -1.22. The van der Waals surface area contributed by atoms with E-state index in [2.05, 4.69) is 5.32 Å². The van der Waals surface area contributed by atoms with Gasteiger partial charge >= 0.3 is 0 Å². The zero-order valence-electron chi connectivity index (χ0n) is 11.9. The minimum absolute atomic E-state index is 0.703. The first-order valence-corrected chi connectivity index (χ1v) is 7.47. The van der Waals surface area contributed by atoms with Crippen molar-refractivity contribution in [2.24, 2.45) is 0 Å². The molecule has 1 fully saturated rings. The number of hydrogen-bond donors (Lipinski definition) is 1. The summed E-state index contributed by atoms with van der Waals surface area (Å²) in [6.45, 7) is 4.66. The maximum atomic E-state index is 5.70. The molecule has 0 aliphatic heterocycles. The average Bonchev–Trinajstić information content (AvgIpc) is 3.24. The number of hydrogen-bond acceptors (Lipinski definition) is 3. The minimum atomic E-state index is 0.703. The highest BCUT2D eigenvalue weighted by molar-refractivity contribution is 5.31. The molecule has 106 valence electrons. The van der Waals surface area contributed by atoms with E-state index < -0.39 is 0 Å². The maximum Gasteiger partial charge on any atom is 0.119 e. The van der Waals surface area contributed by atoms with Gasteiger partial charge in [0, 0.05) is 6.04 Å². The Labute approximate surface area is 116 Å². The third-order valence-electron chi connectivity index (χ3n) is 3.23. The molecule has 0 spiro atoms. The van der Waals surface area contributed by atoms with Gasteiger partial charge in [0.05, 0.1) is 13.2 Å². The van der Waals surface area contributed by atoms with Gasteiger partial charge in [0.25, 0.3) is 0 Å². The second-order valence-corrected chi connectivity index (χ2v) is 5.04. The Bertz CT molecular complexity index is 346. The van der Waals surface area contributed by atoms with E-state index in [1.807, 2.05) is 31.2 Å². The van der Waals surface area contributed by atoms with E-state index in [4.69, 9.17) is 9.47 Å². The average molecular weight is 263 g/mol. The Morgan fingerprint density at radius 3 is 2.32 bits per heavy atom. The Morgan fingerprint density at radius 2 is 1.68 bits per heavy atom. The zero-order valence-corrected chi connectivity index (χ0v) is 11.9. The lowest BCUT2D eigenvalue weighted by Gasteiger charge is -2.08. The quantitative estimate of drug-likeness (QED) is 0.656. The van der Waals surface area contributed by atoms with Gasteiger partial charge in [-0.3, -0.25) is 0 Å². The smallest absolute Gasteiger partial charge is 0.119 e. The van der Waals surface area contributed by atoms with E-state index in [1.165, 1.54) is 25.7 Å². The molecular formula is C16H25NO2. The van der Waals surface area contributed by atoms with E-state index >= 15 is 0 Å². The van der Waals surface area contributed by atoms with E-state index in [0.717, 1.165) is 37.1 Å². The van der Waals surface area contributed by atoms with Crippen LogP contribution in [0.3, 0.4) is 0 Å². The van der Waals surface area contributed by atoms with Gasteiger partial charge in [-0.1, -0.05) is 0 Å². The minimum Gasteiger partial charge on any atom is -0.494 e. The molecule has 1 aliphatic carbocycles. The third kappa shape index (κ3) is 5.97. The van der Waals surface area contributed by atoms with Crippen LogP contribution >= 0.6 is 0 Å². The van der Waals surface area contributed by atoms with Crippen molar-refractivity contribution >= 4 is 0 Å². The molecule has 1 aromatic rings. The molecule has 1 aliphatic rings. The molecule has 3 heteroatoms. The summed E-state index contributed by atoms with van der Waals surface area (Å²) in [6.07, 6.45) is 6.36. The summed E-state index contributed by atoms with van der Waals surface area (Å²) in [7, 11) is 0. The standard InChI is InChI=1S/C16H25NO2/c1-2-18-15-8-10-16(11-9-15)19-13-5-3-4-12-17-14-6-7-14/h8-11,14,17H,2-7,12-13H2,1H3. The lowest BCUT2D eigenvalue weighted by Crippen LogP contribution is -2.17. The Kier molecular flexibility index (Phi) is 6.02. The van der Waals surface area contributed by atoms with Crippen LogP contribution < -0.4 is 14.8 Å². The van der Waals surface area contributed by atoms with Crippen molar-refractivity contribution in [2.75, 3.05) is 19.8 Å². The summed E-state index contributed by atoms with van der Waals surface area (Å²) in [4.78, 5) is 0. The van der Waals surface area contributed by atoms with Gasteiger partial charge in [0.15, 0.2) is 0 Å². The lowest BCUT2D eigenvalue weighted by molar-refractivity contribution is 0.303. The van der Waals surface area contributed by atoms with Crippen LogP contribution in [-0.2, 0) is 0 Å². The van der Waals surface area contributed by atoms with E-state index in [9.17, 15) is 0 Å². The summed E-state index contributed by atoms with van der Waals surface area (Å²) < 4.78 is 11.1. The fraction of sp³-hybridized carbons (Fsp3) is 0.625. The number of rotatable bonds is 10. The van der Waals surface area contributed by atoms with Gasteiger partial charge in [-0.15, -0.1) is 0 Å². The van der Waals surface area contributed by atoms with Crippen LogP contribution in [0, 0.1) is 0 Å². The van der Waals surface area contributed by atoms with Crippen molar-refractivity contribution < 1.29 is 9.47 Å². The van der Waals surface area contributed by atoms with E-state index in [-0.39, 0.29) is 0 Å². The first kappa shape index (κ1) is 14.2. The Balaban J connectivity index is 1.49. The molecule has 1 aromatic carbocycles. The van der Waals surface area contributed by atoms with Crippen LogP contribution in [0.4, 0.5) is 0 Å². The molecule has 0 amide bonds. The summed E-state index contributed by atoms with van der Waals surface area (Å²) >= 11 is 0. The van der Waals surface area contributed by atoms with Gasteiger partial charge < -0.3 is 14.8 Å². The van der Waals surface area contributed by atoms with Gasteiger partial charge in [-0.05, 0) is 69.8 Å². The molecule has 3 nitrogen and oxygen atoms in total. The molecule has 0 aromatic heterocycles. The van der Waals surface area contributed by atoms with Crippen molar-refractivity contribution in [2.45, 2.75) is 45.1 Å².